The van der Waals surface area contributed by atoms with Crippen molar-refractivity contribution in [3.05, 3.63) is 64.6 Å². The molecule has 1 aliphatic rings. The summed E-state index contributed by atoms with van der Waals surface area (Å²) in [6.45, 7) is 0.554. The lowest BCUT2D eigenvalue weighted by molar-refractivity contribution is -0.136. The molecular formula is C21H21BrN2O3. The Balaban J connectivity index is 1.56. The molecule has 27 heavy (non-hydrogen) atoms. The van der Waals surface area contributed by atoms with Crippen LogP contribution in [0.4, 0.5) is 5.69 Å². The molecule has 0 spiro atoms. The summed E-state index contributed by atoms with van der Waals surface area (Å²) in [6.07, 6.45) is 1.69. The highest BCUT2D eigenvalue weighted by Gasteiger charge is 2.33. The molecule has 0 saturated carbocycles. The average Bonchev–Trinajstić information content (AvgIpc) is 3.17. The third kappa shape index (κ3) is 5.04. The quantitative estimate of drug-likeness (QED) is 0.705. The number of para-hydroxylation sites is 1. The van der Waals surface area contributed by atoms with Crippen molar-refractivity contribution in [2.24, 2.45) is 0 Å². The van der Waals surface area contributed by atoms with Gasteiger partial charge in [0.05, 0.1) is 0 Å². The number of nitrogens with one attached hydrogen (secondary N) is 1. The average molecular weight is 429 g/mol. The Morgan fingerprint density at radius 1 is 1.00 bits per heavy atom. The van der Waals surface area contributed by atoms with Gasteiger partial charge in [-0.25, -0.2) is 0 Å². The fourth-order valence-corrected chi connectivity index (χ4v) is 3.49. The van der Waals surface area contributed by atoms with Crippen molar-refractivity contribution >= 4 is 39.2 Å². The highest BCUT2D eigenvalue weighted by molar-refractivity contribution is 9.10. The predicted octanol–water partition coefficient (Wildman–Crippen LogP) is 4.04. The molecular weight excluding hydrogens is 408 g/mol. The van der Waals surface area contributed by atoms with Crippen molar-refractivity contribution in [3.8, 4) is 0 Å². The normalized spacial score (nSPS) is 16.2. The molecule has 1 fully saturated rings. The van der Waals surface area contributed by atoms with Gasteiger partial charge in [-0.2, -0.15) is 0 Å². The lowest BCUT2D eigenvalue weighted by atomic mass is 10.1. The lowest BCUT2D eigenvalue weighted by Gasteiger charge is -2.24. The van der Waals surface area contributed by atoms with Crippen LogP contribution in [0.2, 0.25) is 0 Å². The fourth-order valence-electron chi connectivity index (χ4n) is 3.23. The molecule has 1 atom stereocenters. The molecule has 3 rings (SSSR count). The number of benzene rings is 2. The number of rotatable bonds is 6. The van der Waals surface area contributed by atoms with E-state index in [-0.39, 0.29) is 30.4 Å². The van der Waals surface area contributed by atoms with Crippen LogP contribution in [-0.4, -0.2) is 35.1 Å². The highest BCUT2D eigenvalue weighted by Crippen LogP contribution is 2.21. The van der Waals surface area contributed by atoms with Gasteiger partial charge < -0.3 is 10.2 Å². The number of amides is 2. The SMILES string of the molecule is O=C(CCC(=O)N1CCCC1C(=O)Nc1ccccc1)c1ccc(Br)cc1. The first kappa shape index (κ1) is 19.3. The highest BCUT2D eigenvalue weighted by atomic mass is 79.9. The number of Topliss-reactive ketones (excluding diaryl/α,β-unsaturated/α-hetero) is 1. The number of likely N-dealkylation sites (tertiary alicyclic amines) is 1. The monoisotopic (exact) mass is 428 g/mol. The van der Waals surface area contributed by atoms with Gasteiger partial charge in [-0.3, -0.25) is 14.4 Å². The van der Waals surface area contributed by atoms with E-state index < -0.39 is 6.04 Å². The van der Waals surface area contributed by atoms with Gasteiger partial charge in [0.15, 0.2) is 5.78 Å². The first-order valence-corrected chi connectivity index (χ1v) is 9.78. The number of nitrogens with zero attached hydrogens (tertiary/aromatic N) is 1. The minimum atomic E-state index is -0.472. The molecule has 6 heteroatoms. The number of halogens is 1. The smallest absolute Gasteiger partial charge is 0.247 e. The molecule has 1 saturated heterocycles. The van der Waals surface area contributed by atoms with Crippen molar-refractivity contribution in [3.63, 3.8) is 0 Å². The van der Waals surface area contributed by atoms with Gasteiger partial charge in [-0.1, -0.05) is 46.3 Å². The van der Waals surface area contributed by atoms with Crippen LogP contribution in [0.25, 0.3) is 0 Å². The first-order valence-electron chi connectivity index (χ1n) is 8.99. The number of ketones is 1. The molecule has 1 unspecified atom stereocenters. The second kappa shape index (κ2) is 8.95. The van der Waals surface area contributed by atoms with Crippen LogP contribution < -0.4 is 5.32 Å². The molecule has 1 aliphatic heterocycles. The Labute approximate surface area is 166 Å². The Bertz CT molecular complexity index is 821. The zero-order chi connectivity index (χ0) is 19.2. The van der Waals surface area contributed by atoms with E-state index in [1.165, 1.54) is 0 Å². The molecule has 140 valence electrons. The van der Waals surface area contributed by atoms with Gasteiger partial charge in [0.25, 0.3) is 0 Å². The van der Waals surface area contributed by atoms with E-state index in [1.807, 2.05) is 30.3 Å². The van der Waals surface area contributed by atoms with E-state index in [2.05, 4.69) is 21.2 Å². The van der Waals surface area contributed by atoms with Crippen LogP contribution in [0, 0.1) is 0 Å². The number of hydrogen-bond donors (Lipinski definition) is 1. The lowest BCUT2D eigenvalue weighted by Crippen LogP contribution is -2.43. The van der Waals surface area contributed by atoms with Crippen LogP contribution in [0.15, 0.2) is 59.1 Å². The maximum Gasteiger partial charge on any atom is 0.247 e. The maximum atomic E-state index is 12.6. The van der Waals surface area contributed by atoms with Gasteiger partial charge in [-0.15, -0.1) is 0 Å². The summed E-state index contributed by atoms with van der Waals surface area (Å²) >= 11 is 3.34. The molecule has 0 bridgehead atoms. The minimum absolute atomic E-state index is 0.0691. The number of carbonyl (C=O) groups is 3. The van der Waals surface area contributed by atoms with Crippen LogP contribution in [0.5, 0.6) is 0 Å². The number of hydrogen-bond acceptors (Lipinski definition) is 3. The van der Waals surface area contributed by atoms with Gasteiger partial charge in [0.1, 0.15) is 6.04 Å². The van der Waals surface area contributed by atoms with Crippen molar-refractivity contribution in [2.75, 3.05) is 11.9 Å². The topological polar surface area (TPSA) is 66.5 Å². The van der Waals surface area contributed by atoms with Crippen molar-refractivity contribution in [1.82, 2.24) is 4.90 Å². The first-order chi connectivity index (χ1) is 13.0. The third-order valence-corrected chi connectivity index (χ3v) is 5.18. The van der Waals surface area contributed by atoms with Gasteiger partial charge in [-0.05, 0) is 37.1 Å². The molecule has 0 radical (unpaired) electrons. The third-order valence-electron chi connectivity index (χ3n) is 4.65. The summed E-state index contributed by atoms with van der Waals surface area (Å²) < 4.78 is 0.902. The minimum Gasteiger partial charge on any atom is -0.331 e. The van der Waals surface area contributed by atoms with E-state index in [4.69, 9.17) is 0 Å². The van der Waals surface area contributed by atoms with Crippen LogP contribution >= 0.6 is 15.9 Å². The van der Waals surface area contributed by atoms with E-state index in [9.17, 15) is 14.4 Å². The standard InChI is InChI=1S/C21H21BrN2O3/c22-16-10-8-15(9-11-16)19(25)12-13-20(26)24-14-4-7-18(24)21(27)23-17-5-2-1-3-6-17/h1-3,5-6,8-11,18H,4,7,12-14H2,(H,23,27). The summed E-state index contributed by atoms with van der Waals surface area (Å²) in [6, 6.07) is 15.8. The number of carbonyl (C=O) groups excluding carboxylic acids is 3. The van der Waals surface area contributed by atoms with E-state index in [0.717, 1.165) is 10.9 Å². The summed E-state index contributed by atoms with van der Waals surface area (Å²) in [7, 11) is 0. The maximum absolute atomic E-state index is 12.6. The Morgan fingerprint density at radius 3 is 2.41 bits per heavy atom. The molecule has 2 amide bonds. The Morgan fingerprint density at radius 2 is 1.70 bits per heavy atom. The Hall–Kier alpha value is -2.47. The summed E-state index contributed by atoms with van der Waals surface area (Å²) in [5.74, 6) is -0.391. The largest absolute Gasteiger partial charge is 0.331 e. The van der Waals surface area contributed by atoms with Gasteiger partial charge >= 0.3 is 0 Å². The van der Waals surface area contributed by atoms with Gasteiger partial charge in [0, 0.05) is 35.1 Å². The summed E-state index contributed by atoms with van der Waals surface area (Å²) in [5.41, 5.74) is 1.30. The van der Waals surface area contributed by atoms with E-state index in [1.54, 1.807) is 29.2 Å². The fraction of sp³-hybridized carbons (Fsp3) is 0.286. The zero-order valence-corrected chi connectivity index (χ0v) is 16.4. The second-order valence-corrected chi connectivity index (χ2v) is 7.45. The molecule has 0 aliphatic carbocycles. The Kier molecular flexibility index (Phi) is 6.40. The van der Waals surface area contributed by atoms with Crippen molar-refractivity contribution in [1.29, 1.82) is 0 Å². The molecule has 2 aromatic rings. The van der Waals surface area contributed by atoms with Gasteiger partial charge in [0.2, 0.25) is 11.8 Å². The van der Waals surface area contributed by atoms with E-state index >= 15 is 0 Å². The zero-order valence-electron chi connectivity index (χ0n) is 14.9. The molecule has 1 heterocycles. The van der Waals surface area contributed by atoms with Crippen molar-refractivity contribution in [2.45, 2.75) is 31.7 Å². The van der Waals surface area contributed by atoms with E-state index in [0.29, 0.717) is 24.2 Å². The second-order valence-electron chi connectivity index (χ2n) is 6.53. The molecule has 0 aromatic heterocycles. The van der Waals surface area contributed by atoms with Crippen LogP contribution in [0.1, 0.15) is 36.0 Å². The van der Waals surface area contributed by atoms with Crippen LogP contribution in [0.3, 0.4) is 0 Å². The predicted molar refractivity (Wildman–Crippen MR) is 108 cm³/mol. The molecule has 2 aromatic carbocycles. The van der Waals surface area contributed by atoms with Crippen LogP contribution in [-0.2, 0) is 9.59 Å². The molecule has 5 nitrogen and oxygen atoms in total. The van der Waals surface area contributed by atoms with Crippen molar-refractivity contribution < 1.29 is 14.4 Å². The summed E-state index contributed by atoms with van der Waals surface area (Å²) in [4.78, 5) is 39.0. The molecule has 1 N–H and O–H groups in total. The summed E-state index contributed by atoms with van der Waals surface area (Å²) in [5, 5.41) is 2.86. The number of anilines is 1.